The molecule has 0 unspecified atom stereocenters. The Hall–Kier alpha value is -0.960. The maximum absolute atomic E-state index is 4.76. The van der Waals surface area contributed by atoms with Crippen molar-refractivity contribution < 1.29 is 0 Å². The van der Waals surface area contributed by atoms with Gasteiger partial charge in [0.1, 0.15) is 5.82 Å². The van der Waals surface area contributed by atoms with E-state index in [1.54, 1.807) is 0 Å². The van der Waals surface area contributed by atoms with Crippen LogP contribution in [-0.4, -0.2) is 28.0 Å². The van der Waals surface area contributed by atoms with Gasteiger partial charge < -0.3 is 0 Å². The number of hydrogen-bond acceptors (Lipinski definition) is 3. The molecule has 0 aromatic carbocycles. The Balaban J connectivity index is 2.18. The first kappa shape index (κ1) is 14.4. The Bertz CT molecular complexity index is 380. The molecular formula is C16H27N3. The van der Waals surface area contributed by atoms with E-state index in [4.69, 9.17) is 9.97 Å². The summed E-state index contributed by atoms with van der Waals surface area (Å²) in [5.41, 5.74) is 2.38. The number of likely N-dealkylation sites (tertiary alicyclic amines) is 1. The molecule has 3 nitrogen and oxygen atoms in total. The summed E-state index contributed by atoms with van der Waals surface area (Å²) < 4.78 is 0. The van der Waals surface area contributed by atoms with Crippen LogP contribution in [0.1, 0.15) is 76.0 Å². The van der Waals surface area contributed by atoms with Crippen LogP contribution in [-0.2, 0) is 6.54 Å². The molecule has 19 heavy (non-hydrogen) atoms. The van der Waals surface area contributed by atoms with E-state index >= 15 is 0 Å². The van der Waals surface area contributed by atoms with E-state index < -0.39 is 0 Å². The van der Waals surface area contributed by atoms with Crippen LogP contribution in [0.4, 0.5) is 0 Å². The van der Waals surface area contributed by atoms with Crippen molar-refractivity contribution in [2.75, 3.05) is 13.1 Å². The van der Waals surface area contributed by atoms with Gasteiger partial charge in [-0.3, -0.25) is 4.90 Å². The van der Waals surface area contributed by atoms with E-state index in [-0.39, 0.29) is 0 Å². The summed E-state index contributed by atoms with van der Waals surface area (Å²) in [6.07, 6.45) is 4.05. The topological polar surface area (TPSA) is 29.0 Å². The van der Waals surface area contributed by atoms with Crippen molar-refractivity contribution in [1.29, 1.82) is 0 Å². The molecule has 1 aromatic rings. The smallest absolute Gasteiger partial charge is 0.131 e. The zero-order valence-corrected chi connectivity index (χ0v) is 12.8. The van der Waals surface area contributed by atoms with Crippen molar-refractivity contribution in [1.82, 2.24) is 14.9 Å². The van der Waals surface area contributed by atoms with E-state index in [1.807, 2.05) is 0 Å². The lowest BCUT2D eigenvalue weighted by atomic mass is 10.1. The van der Waals surface area contributed by atoms with E-state index in [1.165, 1.54) is 43.7 Å². The van der Waals surface area contributed by atoms with E-state index in [0.29, 0.717) is 11.8 Å². The van der Waals surface area contributed by atoms with Crippen LogP contribution in [0.15, 0.2) is 6.07 Å². The van der Waals surface area contributed by atoms with Gasteiger partial charge in [-0.2, -0.15) is 0 Å². The SMILES string of the molecule is CC(C)c1cc(CN2CCCCC2)nc(C(C)C)n1. The van der Waals surface area contributed by atoms with Gasteiger partial charge in [-0.05, 0) is 37.9 Å². The second kappa shape index (κ2) is 6.47. The Morgan fingerprint density at radius 3 is 2.26 bits per heavy atom. The summed E-state index contributed by atoms with van der Waals surface area (Å²) in [6, 6.07) is 2.20. The average molecular weight is 261 g/mol. The van der Waals surface area contributed by atoms with Gasteiger partial charge in [0, 0.05) is 18.2 Å². The van der Waals surface area contributed by atoms with Crippen LogP contribution in [0.3, 0.4) is 0 Å². The van der Waals surface area contributed by atoms with E-state index in [0.717, 1.165) is 12.4 Å². The average Bonchev–Trinajstić information content (AvgIpc) is 2.39. The van der Waals surface area contributed by atoms with Gasteiger partial charge in [-0.1, -0.05) is 34.1 Å². The summed E-state index contributed by atoms with van der Waals surface area (Å²) in [7, 11) is 0. The highest BCUT2D eigenvalue weighted by Gasteiger charge is 2.14. The monoisotopic (exact) mass is 261 g/mol. The quantitative estimate of drug-likeness (QED) is 0.827. The van der Waals surface area contributed by atoms with Crippen molar-refractivity contribution in [2.45, 2.75) is 65.3 Å². The molecule has 0 radical (unpaired) electrons. The number of aromatic nitrogens is 2. The molecule has 1 aliphatic rings. The number of hydrogen-bond donors (Lipinski definition) is 0. The molecule has 2 rings (SSSR count). The second-order valence-corrected chi connectivity index (χ2v) is 6.29. The van der Waals surface area contributed by atoms with E-state index in [9.17, 15) is 0 Å². The highest BCUT2D eigenvalue weighted by atomic mass is 15.1. The second-order valence-electron chi connectivity index (χ2n) is 6.29. The standard InChI is InChI=1S/C16H27N3/c1-12(2)15-10-14(17-16(18-15)13(3)4)11-19-8-6-5-7-9-19/h10,12-13H,5-9,11H2,1-4H3. The van der Waals surface area contributed by atoms with Crippen molar-refractivity contribution in [2.24, 2.45) is 0 Å². The Morgan fingerprint density at radius 1 is 1.00 bits per heavy atom. The van der Waals surface area contributed by atoms with Crippen LogP contribution in [0.2, 0.25) is 0 Å². The maximum atomic E-state index is 4.76. The minimum Gasteiger partial charge on any atom is -0.298 e. The molecule has 0 spiro atoms. The van der Waals surface area contributed by atoms with Crippen LogP contribution >= 0.6 is 0 Å². The fourth-order valence-electron chi connectivity index (χ4n) is 2.52. The third-order valence-corrected chi connectivity index (χ3v) is 3.76. The van der Waals surface area contributed by atoms with Crippen LogP contribution in [0.5, 0.6) is 0 Å². The zero-order chi connectivity index (χ0) is 13.8. The first-order valence-electron chi connectivity index (χ1n) is 7.66. The lowest BCUT2D eigenvalue weighted by Gasteiger charge is -2.26. The van der Waals surface area contributed by atoms with Crippen LogP contribution < -0.4 is 0 Å². The number of nitrogens with zero attached hydrogens (tertiary/aromatic N) is 3. The lowest BCUT2D eigenvalue weighted by Crippen LogP contribution is -2.29. The largest absolute Gasteiger partial charge is 0.298 e. The molecule has 0 amide bonds. The summed E-state index contributed by atoms with van der Waals surface area (Å²) in [4.78, 5) is 12.0. The molecule has 1 aromatic heterocycles. The molecule has 3 heteroatoms. The van der Waals surface area contributed by atoms with Gasteiger partial charge in [0.15, 0.2) is 0 Å². The Labute approximate surface area is 117 Å². The zero-order valence-electron chi connectivity index (χ0n) is 12.8. The fourth-order valence-corrected chi connectivity index (χ4v) is 2.52. The predicted molar refractivity (Wildman–Crippen MR) is 79.3 cm³/mol. The summed E-state index contributed by atoms with van der Waals surface area (Å²) in [6.45, 7) is 12.2. The van der Waals surface area contributed by atoms with Crippen LogP contribution in [0, 0.1) is 0 Å². The molecule has 0 atom stereocenters. The number of piperidine rings is 1. The minimum absolute atomic E-state index is 0.402. The minimum atomic E-state index is 0.402. The van der Waals surface area contributed by atoms with Crippen molar-refractivity contribution in [3.63, 3.8) is 0 Å². The number of rotatable bonds is 4. The van der Waals surface area contributed by atoms with Gasteiger partial charge in [-0.15, -0.1) is 0 Å². The van der Waals surface area contributed by atoms with Crippen molar-refractivity contribution >= 4 is 0 Å². The first-order valence-corrected chi connectivity index (χ1v) is 7.66. The van der Waals surface area contributed by atoms with Gasteiger partial charge in [0.05, 0.1) is 5.69 Å². The van der Waals surface area contributed by atoms with Gasteiger partial charge >= 0.3 is 0 Å². The third kappa shape index (κ3) is 4.00. The molecule has 0 saturated carbocycles. The normalized spacial score (nSPS) is 17.4. The highest BCUT2D eigenvalue weighted by molar-refractivity contribution is 5.15. The first-order chi connectivity index (χ1) is 9.06. The van der Waals surface area contributed by atoms with Crippen LogP contribution in [0.25, 0.3) is 0 Å². The molecule has 106 valence electrons. The summed E-state index contributed by atoms with van der Waals surface area (Å²) >= 11 is 0. The Morgan fingerprint density at radius 2 is 1.68 bits per heavy atom. The molecule has 2 heterocycles. The molecule has 0 N–H and O–H groups in total. The lowest BCUT2D eigenvalue weighted by molar-refractivity contribution is 0.218. The summed E-state index contributed by atoms with van der Waals surface area (Å²) in [5, 5.41) is 0. The van der Waals surface area contributed by atoms with Crippen molar-refractivity contribution in [3.05, 3.63) is 23.3 Å². The van der Waals surface area contributed by atoms with Crippen molar-refractivity contribution in [3.8, 4) is 0 Å². The molecule has 1 saturated heterocycles. The molecule has 1 fully saturated rings. The molecule has 0 bridgehead atoms. The maximum Gasteiger partial charge on any atom is 0.131 e. The third-order valence-electron chi connectivity index (χ3n) is 3.76. The molecular weight excluding hydrogens is 234 g/mol. The highest BCUT2D eigenvalue weighted by Crippen LogP contribution is 2.19. The predicted octanol–water partition coefficient (Wildman–Crippen LogP) is 3.71. The van der Waals surface area contributed by atoms with Gasteiger partial charge in [0.25, 0.3) is 0 Å². The van der Waals surface area contributed by atoms with E-state index in [2.05, 4.69) is 38.7 Å². The molecule has 0 aliphatic carbocycles. The molecule has 1 aliphatic heterocycles. The fraction of sp³-hybridized carbons (Fsp3) is 0.750. The van der Waals surface area contributed by atoms with Gasteiger partial charge in [0.2, 0.25) is 0 Å². The Kier molecular flexibility index (Phi) is 4.92. The van der Waals surface area contributed by atoms with Gasteiger partial charge in [-0.25, -0.2) is 9.97 Å². The summed E-state index contributed by atoms with van der Waals surface area (Å²) in [5.74, 6) is 1.87.